The van der Waals surface area contributed by atoms with E-state index >= 15 is 0 Å². The van der Waals surface area contributed by atoms with Crippen LogP contribution in [0.2, 0.25) is 0 Å². The van der Waals surface area contributed by atoms with Crippen molar-refractivity contribution in [3.8, 4) is 0 Å². The Hall–Kier alpha value is -0.380. The highest BCUT2D eigenvalue weighted by molar-refractivity contribution is 9.10. The molecule has 1 aromatic rings. The fourth-order valence-electron chi connectivity index (χ4n) is 2.06. The van der Waals surface area contributed by atoms with E-state index < -0.39 is 0 Å². The van der Waals surface area contributed by atoms with Crippen molar-refractivity contribution in [3.05, 3.63) is 34.3 Å². The molecule has 0 radical (unpaired) electrons. The topological polar surface area (TPSA) is 32.3 Å². The normalized spacial score (nSPS) is 13.7. The van der Waals surface area contributed by atoms with Gasteiger partial charge in [0, 0.05) is 17.6 Å². The van der Waals surface area contributed by atoms with Crippen LogP contribution in [-0.2, 0) is 6.54 Å². The third kappa shape index (κ3) is 6.20. The van der Waals surface area contributed by atoms with E-state index in [0.29, 0.717) is 0 Å². The van der Waals surface area contributed by atoms with Crippen LogP contribution < -0.4 is 5.32 Å². The molecule has 17 heavy (non-hydrogen) atoms. The lowest BCUT2D eigenvalue weighted by molar-refractivity contribution is 0.128. The predicted molar refractivity (Wildman–Crippen MR) is 75.9 cm³/mol. The summed E-state index contributed by atoms with van der Waals surface area (Å²) in [5.74, 6) is 0. The van der Waals surface area contributed by atoms with Crippen LogP contribution in [0.1, 0.15) is 32.8 Å². The number of aliphatic hydroxyl groups excluding tert-OH is 1. The van der Waals surface area contributed by atoms with E-state index in [2.05, 4.69) is 47.2 Å². The van der Waals surface area contributed by atoms with Gasteiger partial charge in [-0.25, -0.2) is 0 Å². The molecule has 0 aliphatic rings. The molecule has 0 heterocycles. The molecule has 0 spiro atoms. The van der Waals surface area contributed by atoms with Crippen LogP contribution in [0.25, 0.3) is 0 Å². The Morgan fingerprint density at radius 3 is 2.71 bits per heavy atom. The Morgan fingerprint density at radius 1 is 1.41 bits per heavy atom. The van der Waals surface area contributed by atoms with Gasteiger partial charge < -0.3 is 10.4 Å². The SMILES string of the molecule is CC(O)CC(C)(C)CNCc1cccc(Br)c1. The molecule has 1 atom stereocenters. The fraction of sp³-hybridized carbons (Fsp3) is 0.571. The van der Waals surface area contributed by atoms with Crippen molar-refractivity contribution in [1.29, 1.82) is 0 Å². The van der Waals surface area contributed by atoms with Gasteiger partial charge in [-0.05, 0) is 36.5 Å². The number of nitrogens with one attached hydrogen (secondary N) is 1. The van der Waals surface area contributed by atoms with Gasteiger partial charge in [-0.15, -0.1) is 0 Å². The third-order valence-corrected chi connectivity index (χ3v) is 3.16. The molecule has 0 saturated carbocycles. The largest absolute Gasteiger partial charge is 0.393 e. The summed E-state index contributed by atoms with van der Waals surface area (Å²) in [5.41, 5.74) is 1.40. The number of aliphatic hydroxyl groups is 1. The first-order valence-electron chi connectivity index (χ1n) is 6.02. The maximum atomic E-state index is 9.41. The Kier molecular flexibility index (Phi) is 5.63. The summed E-state index contributed by atoms with van der Waals surface area (Å²) in [6, 6.07) is 8.30. The number of hydrogen-bond donors (Lipinski definition) is 2. The van der Waals surface area contributed by atoms with Crippen LogP contribution in [-0.4, -0.2) is 17.8 Å². The van der Waals surface area contributed by atoms with Crippen molar-refractivity contribution in [2.45, 2.75) is 39.8 Å². The lowest BCUT2D eigenvalue weighted by Gasteiger charge is -2.26. The molecule has 1 unspecified atom stereocenters. The van der Waals surface area contributed by atoms with Gasteiger partial charge in [-0.1, -0.05) is 41.9 Å². The van der Waals surface area contributed by atoms with Gasteiger partial charge >= 0.3 is 0 Å². The minimum atomic E-state index is -0.238. The Labute approximate surface area is 113 Å². The lowest BCUT2D eigenvalue weighted by atomic mass is 9.87. The number of hydrogen-bond acceptors (Lipinski definition) is 2. The van der Waals surface area contributed by atoms with Gasteiger partial charge in [-0.2, -0.15) is 0 Å². The first-order chi connectivity index (χ1) is 7.89. The van der Waals surface area contributed by atoms with Crippen molar-refractivity contribution in [2.24, 2.45) is 5.41 Å². The summed E-state index contributed by atoms with van der Waals surface area (Å²) >= 11 is 3.47. The van der Waals surface area contributed by atoms with Crippen molar-refractivity contribution >= 4 is 15.9 Å². The summed E-state index contributed by atoms with van der Waals surface area (Å²) in [7, 11) is 0. The van der Waals surface area contributed by atoms with Gasteiger partial charge in [0.15, 0.2) is 0 Å². The molecule has 0 amide bonds. The van der Waals surface area contributed by atoms with Crippen LogP contribution in [0.15, 0.2) is 28.7 Å². The van der Waals surface area contributed by atoms with Crippen LogP contribution in [0.3, 0.4) is 0 Å². The van der Waals surface area contributed by atoms with Crippen molar-refractivity contribution in [2.75, 3.05) is 6.54 Å². The van der Waals surface area contributed by atoms with E-state index in [9.17, 15) is 5.11 Å². The van der Waals surface area contributed by atoms with E-state index in [4.69, 9.17) is 0 Å². The van der Waals surface area contributed by atoms with Gasteiger partial charge in [0.25, 0.3) is 0 Å². The minimum Gasteiger partial charge on any atom is -0.393 e. The molecule has 0 saturated heterocycles. The highest BCUT2D eigenvalue weighted by atomic mass is 79.9. The van der Waals surface area contributed by atoms with Crippen molar-refractivity contribution < 1.29 is 5.11 Å². The number of rotatable bonds is 6. The Balaban J connectivity index is 2.37. The highest BCUT2D eigenvalue weighted by Crippen LogP contribution is 2.21. The molecule has 1 aromatic carbocycles. The van der Waals surface area contributed by atoms with E-state index in [0.717, 1.165) is 24.0 Å². The second-order valence-corrected chi connectivity index (χ2v) is 6.37. The van der Waals surface area contributed by atoms with Gasteiger partial charge in [0.2, 0.25) is 0 Å². The molecular weight excluding hydrogens is 278 g/mol. The minimum absolute atomic E-state index is 0.125. The van der Waals surface area contributed by atoms with Crippen LogP contribution >= 0.6 is 15.9 Å². The number of halogens is 1. The van der Waals surface area contributed by atoms with Crippen molar-refractivity contribution in [3.63, 3.8) is 0 Å². The first kappa shape index (κ1) is 14.7. The lowest BCUT2D eigenvalue weighted by Crippen LogP contribution is -2.31. The second kappa shape index (κ2) is 6.53. The monoisotopic (exact) mass is 299 g/mol. The zero-order valence-electron chi connectivity index (χ0n) is 10.8. The molecule has 96 valence electrons. The molecule has 2 N–H and O–H groups in total. The summed E-state index contributed by atoms with van der Waals surface area (Å²) in [4.78, 5) is 0. The number of benzene rings is 1. The van der Waals surface area contributed by atoms with E-state index in [1.165, 1.54) is 5.56 Å². The molecule has 0 aromatic heterocycles. The molecule has 0 bridgehead atoms. The standard InChI is InChI=1S/C14H22BrNO/c1-11(17)8-14(2,3)10-16-9-12-5-4-6-13(15)7-12/h4-7,11,16-17H,8-10H2,1-3H3. The molecule has 1 rings (SSSR count). The summed E-state index contributed by atoms with van der Waals surface area (Å²) in [6.07, 6.45) is 0.580. The molecule has 0 aliphatic carbocycles. The molecule has 2 nitrogen and oxygen atoms in total. The fourth-order valence-corrected chi connectivity index (χ4v) is 2.51. The maximum absolute atomic E-state index is 9.41. The molecule has 0 fully saturated rings. The van der Waals surface area contributed by atoms with Crippen LogP contribution in [0.5, 0.6) is 0 Å². The van der Waals surface area contributed by atoms with Crippen LogP contribution in [0, 0.1) is 5.41 Å². The molecular formula is C14H22BrNO. The van der Waals surface area contributed by atoms with Gasteiger partial charge in [0.1, 0.15) is 0 Å². The average Bonchev–Trinajstić information content (AvgIpc) is 2.15. The Bertz CT molecular complexity index is 350. The van der Waals surface area contributed by atoms with E-state index in [1.807, 2.05) is 19.1 Å². The molecule has 3 heteroatoms. The maximum Gasteiger partial charge on any atom is 0.0517 e. The Morgan fingerprint density at radius 2 is 2.12 bits per heavy atom. The van der Waals surface area contributed by atoms with E-state index in [1.54, 1.807) is 0 Å². The summed E-state index contributed by atoms with van der Waals surface area (Å²) in [6.45, 7) is 7.96. The van der Waals surface area contributed by atoms with Gasteiger partial charge in [-0.3, -0.25) is 0 Å². The quantitative estimate of drug-likeness (QED) is 0.844. The van der Waals surface area contributed by atoms with Crippen molar-refractivity contribution in [1.82, 2.24) is 5.32 Å². The molecule has 0 aliphatic heterocycles. The predicted octanol–water partition coefficient (Wildman–Crippen LogP) is 3.34. The summed E-state index contributed by atoms with van der Waals surface area (Å²) < 4.78 is 1.11. The third-order valence-electron chi connectivity index (χ3n) is 2.67. The van der Waals surface area contributed by atoms with Gasteiger partial charge in [0.05, 0.1) is 6.10 Å². The zero-order valence-corrected chi connectivity index (χ0v) is 12.4. The smallest absolute Gasteiger partial charge is 0.0517 e. The summed E-state index contributed by atoms with van der Waals surface area (Å²) in [5, 5.41) is 12.8. The average molecular weight is 300 g/mol. The van der Waals surface area contributed by atoms with E-state index in [-0.39, 0.29) is 11.5 Å². The highest BCUT2D eigenvalue weighted by Gasteiger charge is 2.19. The van der Waals surface area contributed by atoms with Crippen LogP contribution in [0.4, 0.5) is 0 Å². The second-order valence-electron chi connectivity index (χ2n) is 5.45. The first-order valence-corrected chi connectivity index (χ1v) is 6.81. The zero-order chi connectivity index (χ0) is 12.9.